The summed E-state index contributed by atoms with van der Waals surface area (Å²) in [5.41, 5.74) is 0. The van der Waals surface area contributed by atoms with E-state index in [1.54, 1.807) is 7.11 Å². The first-order valence-corrected chi connectivity index (χ1v) is 6.31. The van der Waals surface area contributed by atoms with Crippen molar-refractivity contribution in [3.63, 3.8) is 0 Å². The summed E-state index contributed by atoms with van der Waals surface area (Å²) >= 11 is 1.91. The molecular formula is C10H16O4S. The Morgan fingerprint density at radius 3 is 2.60 bits per heavy atom. The molecule has 0 aromatic carbocycles. The lowest BCUT2D eigenvalue weighted by Crippen LogP contribution is -2.38. The maximum absolute atomic E-state index is 5.86. The molecule has 0 N–H and O–H groups in total. The summed E-state index contributed by atoms with van der Waals surface area (Å²) in [6.07, 6.45) is -0.185. The van der Waals surface area contributed by atoms with Gasteiger partial charge in [-0.3, -0.25) is 0 Å². The standard InChI is InChI=1S/C10H16O4S/c1-10(2)13-8-7(11-3)6(5-4-15-5)12-9(8)14-10/h5-9H,4H2,1-3H3/t5?,6-,7+,8-,9-/m1/s1. The number of hydrogen-bond donors (Lipinski definition) is 0. The number of thioether (sulfide) groups is 1. The Morgan fingerprint density at radius 2 is 2.00 bits per heavy atom. The molecule has 3 saturated heterocycles. The molecular weight excluding hydrogens is 216 g/mol. The molecule has 0 aromatic heterocycles. The van der Waals surface area contributed by atoms with Gasteiger partial charge in [-0.2, -0.15) is 11.8 Å². The third-order valence-electron chi connectivity index (χ3n) is 3.02. The second-order valence-electron chi connectivity index (χ2n) is 4.64. The maximum atomic E-state index is 5.86. The zero-order valence-electron chi connectivity index (χ0n) is 9.14. The van der Waals surface area contributed by atoms with Crippen molar-refractivity contribution >= 4 is 11.8 Å². The Balaban J connectivity index is 1.76. The molecule has 1 unspecified atom stereocenters. The van der Waals surface area contributed by atoms with E-state index in [1.807, 2.05) is 25.6 Å². The molecule has 3 aliphatic heterocycles. The lowest BCUT2D eigenvalue weighted by Gasteiger charge is -2.24. The van der Waals surface area contributed by atoms with Crippen molar-refractivity contribution in [2.45, 2.75) is 49.5 Å². The number of hydrogen-bond acceptors (Lipinski definition) is 5. The van der Waals surface area contributed by atoms with Gasteiger partial charge in [0.25, 0.3) is 0 Å². The van der Waals surface area contributed by atoms with Crippen molar-refractivity contribution in [3.8, 4) is 0 Å². The molecule has 3 rings (SSSR count). The largest absolute Gasteiger partial charge is 0.376 e. The molecule has 0 radical (unpaired) electrons. The fraction of sp³-hybridized carbons (Fsp3) is 1.00. The molecule has 0 spiro atoms. The molecule has 15 heavy (non-hydrogen) atoms. The van der Waals surface area contributed by atoms with Gasteiger partial charge in [-0.05, 0) is 13.8 Å². The minimum Gasteiger partial charge on any atom is -0.376 e. The number of methoxy groups -OCH3 is 1. The van der Waals surface area contributed by atoms with Crippen LogP contribution in [0.15, 0.2) is 0 Å². The van der Waals surface area contributed by atoms with Gasteiger partial charge in [-0.25, -0.2) is 0 Å². The first-order chi connectivity index (χ1) is 7.11. The summed E-state index contributed by atoms with van der Waals surface area (Å²) in [5.74, 6) is 0.612. The first kappa shape index (κ1) is 10.4. The molecule has 5 atom stereocenters. The number of ether oxygens (including phenoxy) is 4. The van der Waals surface area contributed by atoms with E-state index in [-0.39, 0.29) is 24.6 Å². The second kappa shape index (κ2) is 3.34. The third-order valence-corrected chi connectivity index (χ3v) is 4.01. The molecule has 86 valence electrons. The number of rotatable bonds is 2. The van der Waals surface area contributed by atoms with Gasteiger partial charge < -0.3 is 18.9 Å². The summed E-state index contributed by atoms with van der Waals surface area (Å²) in [7, 11) is 1.71. The zero-order valence-corrected chi connectivity index (χ0v) is 9.95. The highest BCUT2D eigenvalue weighted by molar-refractivity contribution is 8.06. The van der Waals surface area contributed by atoms with E-state index in [0.29, 0.717) is 5.25 Å². The average molecular weight is 232 g/mol. The van der Waals surface area contributed by atoms with E-state index in [2.05, 4.69) is 0 Å². The quantitative estimate of drug-likeness (QED) is 0.664. The van der Waals surface area contributed by atoms with Crippen molar-refractivity contribution in [1.29, 1.82) is 0 Å². The Morgan fingerprint density at radius 1 is 1.27 bits per heavy atom. The van der Waals surface area contributed by atoms with Crippen LogP contribution >= 0.6 is 11.8 Å². The SMILES string of the molecule is CO[C@@H]1[C@H]2OC(C)(C)O[C@H]2O[C@@H]1C1CS1. The van der Waals surface area contributed by atoms with Gasteiger partial charge in [0, 0.05) is 18.1 Å². The van der Waals surface area contributed by atoms with Crippen molar-refractivity contribution in [2.75, 3.05) is 12.9 Å². The van der Waals surface area contributed by atoms with Gasteiger partial charge in [-0.1, -0.05) is 0 Å². The van der Waals surface area contributed by atoms with Crippen LogP contribution in [0.2, 0.25) is 0 Å². The van der Waals surface area contributed by atoms with Crippen LogP contribution in [0.25, 0.3) is 0 Å². The molecule has 3 heterocycles. The van der Waals surface area contributed by atoms with Crippen LogP contribution in [0.3, 0.4) is 0 Å². The fourth-order valence-corrected chi connectivity index (χ4v) is 3.03. The van der Waals surface area contributed by atoms with E-state index >= 15 is 0 Å². The summed E-state index contributed by atoms with van der Waals surface area (Å²) in [6, 6.07) is 0. The molecule has 5 heteroatoms. The predicted octanol–water partition coefficient (Wildman–Crippen LogP) is 0.993. The Kier molecular flexibility index (Phi) is 2.30. The molecule has 3 fully saturated rings. The van der Waals surface area contributed by atoms with Gasteiger partial charge >= 0.3 is 0 Å². The predicted molar refractivity (Wildman–Crippen MR) is 55.7 cm³/mol. The first-order valence-electron chi connectivity index (χ1n) is 5.26. The zero-order chi connectivity index (χ0) is 10.6. The Labute approximate surface area is 93.6 Å². The topological polar surface area (TPSA) is 36.9 Å². The molecule has 0 aromatic rings. The van der Waals surface area contributed by atoms with Crippen LogP contribution in [0.1, 0.15) is 13.8 Å². The molecule has 0 aliphatic carbocycles. The summed E-state index contributed by atoms with van der Waals surface area (Å²) in [5, 5.41) is 0.566. The molecule has 0 saturated carbocycles. The lowest BCUT2D eigenvalue weighted by molar-refractivity contribution is -0.215. The second-order valence-corrected chi connectivity index (χ2v) is 5.91. The van der Waals surface area contributed by atoms with Crippen LogP contribution in [0, 0.1) is 0 Å². The van der Waals surface area contributed by atoms with Crippen LogP contribution in [-0.4, -0.2) is 48.5 Å². The molecule has 4 nitrogen and oxygen atoms in total. The van der Waals surface area contributed by atoms with E-state index in [1.165, 1.54) is 0 Å². The molecule has 3 aliphatic rings. The van der Waals surface area contributed by atoms with Crippen LogP contribution in [0.5, 0.6) is 0 Å². The normalized spacial score (nSPS) is 51.8. The lowest BCUT2D eigenvalue weighted by atomic mass is 10.1. The number of fused-ring (bicyclic) bond motifs is 1. The van der Waals surface area contributed by atoms with Crippen molar-refractivity contribution in [3.05, 3.63) is 0 Å². The van der Waals surface area contributed by atoms with Gasteiger partial charge in [0.15, 0.2) is 12.1 Å². The monoisotopic (exact) mass is 232 g/mol. The van der Waals surface area contributed by atoms with E-state index in [0.717, 1.165) is 5.75 Å². The van der Waals surface area contributed by atoms with Crippen molar-refractivity contribution < 1.29 is 18.9 Å². The highest BCUT2D eigenvalue weighted by Gasteiger charge is 2.58. The minimum atomic E-state index is -0.548. The highest BCUT2D eigenvalue weighted by atomic mass is 32.2. The van der Waals surface area contributed by atoms with Crippen molar-refractivity contribution in [1.82, 2.24) is 0 Å². The van der Waals surface area contributed by atoms with Crippen LogP contribution in [0.4, 0.5) is 0 Å². The molecule has 0 amide bonds. The average Bonchev–Trinajstić information content (AvgIpc) is 2.86. The fourth-order valence-electron chi connectivity index (χ4n) is 2.32. The van der Waals surface area contributed by atoms with Crippen LogP contribution < -0.4 is 0 Å². The van der Waals surface area contributed by atoms with E-state index in [9.17, 15) is 0 Å². The van der Waals surface area contributed by atoms with E-state index in [4.69, 9.17) is 18.9 Å². The summed E-state index contributed by atoms with van der Waals surface area (Å²) < 4.78 is 22.8. The third kappa shape index (κ3) is 1.70. The Bertz CT molecular complexity index is 266. The van der Waals surface area contributed by atoms with Gasteiger partial charge in [0.05, 0.1) is 0 Å². The molecule has 0 bridgehead atoms. The highest BCUT2D eigenvalue weighted by Crippen LogP contribution is 2.46. The Hall–Kier alpha value is 0.190. The summed E-state index contributed by atoms with van der Waals surface area (Å²) in [6.45, 7) is 3.81. The van der Waals surface area contributed by atoms with Gasteiger partial charge in [0.1, 0.15) is 18.3 Å². The van der Waals surface area contributed by atoms with E-state index < -0.39 is 5.79 Å². The van der Waals surface area contributed by atoms with Gasteiger partial charge in [0.2, 0.25) is 0 Å². The van der Waals surface area contributed by atoms with Crippen molar-refractivity contribution in [2.24, 2.45) is 0 Å². The maximum Gasteiger partial charge on any atom is 0.190 e. The smallest absolute Gasteiger partial charge is 0.190 e. The van der Waals surface area contributed by atoms with Gasteiger partial charge in [-0.15, -0.1) is 0 Å². The van der Waals surface area contributed by atoms with Crippen LogP contribution in [-0.2, 0) is 18.9 Å². The summed E-state index contributed by atoms with van der Waals surface area (Å²) in [4.78, 5) is 0. The minimum absolute atomic E-state index is 0.0109.